The van der Waals surface area contributed by atoms with Crippen LogP contribution >= 0.6 is 11.3 Å². The van der Waals surface area contributed by atoms with E-state index in [-0.39, 0.29) is 28.2 Å². The molecule has 1 aromatic heterocycles. The van der Waals surface area contributed by atoms with Gasteiger partial charge in [-0.15, -0.1) is 17.9 Å². The van der Waals surface area contributed by atoms with Crippen molar-refractivity contribution in [2.45, 2.75) is 6.54 Å². The fraction of sp³-hybridized carbons (Fsp3) is 0.250. The summed E-state index contributed by atoms with van der Waals surface area (Å²) in [6.45, 7) is 5.45. The Balaban J connectivity index is 2.18. The molecule has 1 aromatic carbocycles. The Morgan fingerprint density at radius 1 is 1.32 bits per heavy atom. The van der Waals surface area contributed by atoms with Gasteiger partial charge in [-0.1, -0.05) is 18.2 Å². The van der Waals surface area contributed by atoms with Crippen LogP contribution in [0.2, 0.25) is 0 Å². The third-order valence-corrected chi connectivity index (χ3v) is 5.36. The average Bonchev–Trinajstić information content (AvgIpc) is 3.01. The standard InChI is InChI=1S/C20H18FN3O3S/c1-2-7-24-19(26)17(12-14-3-5-15(21)6-4-14)28-20(24)16(13-22)18(25)23-8-10-27-11-9-23/h2-6,12H,1,7-11H2/b17-12-,20-16-. The molecule has 6 nitrogen and oxygen atoms in total. The summed E-state index contributed by atoms with van der Waals surface area (Å²) < 4.78 is 20.4. The van der Waals surface area contributed by atoms with Gasteiger partial charge in [0.25, 0.3) is 11.5 Å². The van der Waals surface area contributed by atoms with Crippen molar-refractivity contribution in [2.24, 2.45) is 0 Å². The van der Waals surface area contributed by atoms with Crippen LogP contribution in [0, 0.1) is 17.1 Å². The molecule has 0 unspecified atom stereocenters. The first-order valence-electron chi connectivity index (χ1n) is 8.64. The number of nitriles is 1. The molecule has 28 heavy (non-hydrogen) atoms. The van der Waals surface area contributed by atoms with Gasteiger partial charge in [0.15, 0.2) is 5.57 Å². The van der Waals surface area contributed by atoms with Crippen molar-refractivity contribution >= 4 is 28.9 Å². The largest absolute Gasteiger partial charge is 0.378 e. The van der Waals surface area contributed by atoms with Crippen molar-refractivity contribution in [3.63, 3.8) is 0 Å². The number of rotatable bonds is 4. The molecule has 0 N–H and O–H groups in total. The number of hydrogen-bond donors (Lipinski definition) is 0. The molecule has 144 valence electrons. The number of morpholine rings is 1. The van der Waals surface area contributed by atoms with E-state index in [9.17, 15) is 19.2 Å². The molecule has 1 amide bonds. The summed E-state index contributed by atoms with van der Waals surface area (Å²) in [5.74, 6) is -0.789. The first kappa shape index (κ1) is 19.7. The molecule has 3 rings (SSSR count). The van der Waals surface area contributed by atoms with E-state index in [0.717, 1.165) is 11.3 Å². The smallest absolute Gasteiger partial charge is 0.269 e. The van der Waals surface area contributed by atoms with Crippen LogP contribution in [0.4, 0.5) is 4.39 Å². The molecule has 0 bridgehead atoms. The van der Waals surface area contributed by atoms with Gasteiger partial charge in [0, 0.05) is 19.6 Å². The Morgan fingerprint density at radius 2 is 2.00 bits per heavy atom. The Kier molecular flexibility index (Phi) is 6.19. The quantitative estimate of drug-likeness (QED) is 0.706. The van der Waals surface area contributed by atoms with Crippen molar-refractivity contribution in [3.8, 4) is 6.07 Å². The van der Waals surface area contributed by atoms with Crippen molar-refractivity contribution < 1.29 is 13.9 Å². The first-order valence-corrected chi connectivity index (χ1v) is 9.46. The highest BCUT2D eigenvalue weighted by Gasteiger charge is 2.23. The van der Waals surface area contributed by atoms with Crippen LogP contribution in [0.25, 0.3) is 11.6 Å². The molecule has 0 spiro atoms. The second kappa shape index (κ2) is 8.78. The summed E-state index contributed by atoms with van der Waals surface area (Å²) in [5.41, 5.74) is 0.242. The number of benzene rings is 1. The minimum absolute atomic E-state index is 0.0791. The number of thiazole rings is 1. The lowest BCUT2D eigenvalue weighted by atomic mass is 10.2. The van der Waals surface area contributed by atoms with E-state index in [1.54, 1.807) is 23.1 Å². The van der Waals surface area contributed by atoms with E-state index >= 15 is 0 Å². The Labute approximate surface area is 164 Å². The number of nitrogens with zero attached hydrogens (tertiary/aromatic N) is 3. The fourth-order valence-corrected chi connectivity index (χ4v) is 3.93. The summed E-state index contributed by atoms with van der Waals surface area (Å²) in [6, 6.07) is 7.68. The molecule has 1 fully saturated rings. The minimum atomic E-state index is -0.418. The second-order valence-electron chi connectivity index (χ2n) is 6.06. The summed E-state index contributed by atoms with van der Waals surface area (Å²) in [7, 11) is 0. The van der Waals surface area contributed by atoms with Crippen LogP contribution in [0.3, 0.4) is 0 Å². The van der Waals surface area contributed by atoms with Gasteiger partial charge in [-0.2, -0.15) is 5.26 Å². The van der Waals surface area contributed by atoms with Gasteiger partial charge in [0.05, 0.1) is 17.7 Å². The third-order valence-electron chi connectivity index (χ3n) is 4.22. The maximum absolute atomic E-state index is 13.1. The van der Waals surface area contributed by atoms with E-state index in [2.05, 4.69) is 6.58 Å². The molecule has 0 radical (unpaired) electrons. The van der Waals surface area contributed by atoms with Gasteiger partial charge in [-0.05, 0) is 23.8 Å². The molecule has 1 saturated heterocycles. The highest BCUT2D eigenvalue weighted by Crippen LogP contribution is 2.06. The predicted octanol–water partition coefficient (Wildman–Crippen LogP) is 0.597. The van der Waals surface area contributed by atoms with Gasteiger partial charge in [-0.25, -0.2) is 4.39 Å². The maximum Gasteiger partial charge on any atom is 0.269 e. The molecule has 2 aromatic rings. The van der Waals surface area contributed by atoms with Crippen LogP contribution in [-0.2, 0) is 16.1 Å². The Bertz CT molecular complexity index is 1100. The monoisotopic (exact) mass is 399 g/mol. The van der Waals surface area contributed by atoms with Crippen molar-refractivity contribution in [3.05, 3.63) is 67.9 Å². The zero-order chi connectivity index (χ0) is 20.1. The zero-order valence-electron chi connectivity index (χ0n) is 15.1. The van der Waals surface area contributed by atoms with Crippen LogP contribution in [0.15, 0.2) is 41.7 Å². The fourth-order valence-electron chi connectivity index (χ4n) is 2.82. The van der Waals surface area contributed by atoms with Gasteiger partial charge in [0.2, 0.25) is 0 Å². The van der Waals surface area contributed by atoms with Gasteiger partial charge < -0.3 is 9.64 Å². The van der Waals surface area contributed by atoms with E-state index in [4.69, 9.17) is 4.74 Å². The average molecular weight is 399 g/mol. The molecule has 1 aliphatic heterocycles. The lowest BCUT2D eigenvalue weighted by molar-refractivity contribution is -0.128. The number of hydrogen-bond acceptors (Lipinski definition) is 5. The number of amides is 1. The van der Waals surface area contributed by atoms with Crippen LogP contribution in [0.1, 0.15) is 5.56 Å². The Hall–Kier alpha value is -3.02. The van der Waals surface area contributed by atoms with Gasteiger partial charge in [0.1, 0.15) is 16.5 Å². The van der Waals surface area contributed by atoms with Gasteiger partial charge >= 0.3 is 0 Å². The van der Waals surface area contributed by atoms with E-state index in [1.807, 2.05) is 6.07 Å². The van der Waals surface area contributed by atoms with Crippen LogP contribution in [-0.4, -0.2) is 41.7 Å². The molecule has 0 saturated carbocycles. The summed E-state index contributed by atoms with van der Waals surface area (Å²) in [6.07, 6.45) is 3.15. The predicted molar refractivity (Wildman–Crippen MR) is 104 cm³/mol. The number of ether oxygens (including phenoxy) is 1. The number of carbonyl (C=O) groups is 1. The number of aromatic nitrogens is 1. The number of halogens is 1. The summed E-state index contributed by atoms with van der Waals surface area (Å²) >= 11 is 1.07. The molecular formula is C20H18FN3O3S. The normalized spacial score (nSPS) is 15.9. The molecule has 1 aliphatic rings. The van der Waals surface area contributed by atoms with E-state index < -0.39 is 5.91 Å². The second-order valence-corrected chi connectivity index (χ2v) is 7.09. The third kappa shape index (κ3) is 4.11. The van der Waals surface area contributed by atoms with Crippen molar-refractivity contribution in [1.29, 1.82) is 5.26 Å². The SMILES string of the molecule is C=CCn1c(=O)/c(=C/c2ccc(F)cc2)s/c1=C(/C#N)C(=O)N1CCOCC1. The number of carbonyl (C=O) groups excluding carboxylic acids is 1. The highest BCUT2D eigenvalue weighted by molar-refractivity contribution is 7.07. The molecule has 0 aliphatic carbocycles. The molecule has 2 heterocycles. The summed E-state index contributed by atoms with van der Waals surface area (Å²) in [4.78, 5) is 27.2. The first-order chi connectivity index (χ1) is 13.5. The topological polar surface area (TPSA) is 75.3 Å². The Morgan fingerprint density at radius 3 is 2.61 bits per heavy atom. The van der Waals surface area contributed by atoms with Crippen LogP contribution in [0.5, 0.6) is 0 Å². The van der Waals surface area contributed by atoms with Crippen molar-refractivity contribution in [1.82, 2.24) is 9.47 Å². The summed E-state index contributed by atoms with van der Waals surface area (Å²) in [5, 5.41) is 9.64. The number of allylic oxidation sites excluding steroid dienone is 1. The molecular weight excluding hydrogens is 381 g/mol. The maximum atomic E-state index is 13.1. The lowest BCUT2D eigenvalue weighted by Gasteiger charge is -2.26. The lowest BCUT2D eigenvalue weighted by Crippen LogP contribution is -2.42. The van der Waals surface area contributed by atoms with Gasteiger partial charge in [-0.3, -0.25) is 14.2 Å². The molecule has 0 atom stereocenters. The van der Waals surface area contributed by atoms with E-state index in [1.165, 1.54) is 22.8 Å². The van der Waals surface area contributed by atoms with Crippen molar-refractivity contribution in [2.75, 3.05) is 26.3 Å². The minimum Gasteiger partial charge on any atom is -0.378 e. The van der Waals surface area contributed by atoms with E-state index in [0.29, 0.717) is 36.4 Å². The highest BCUT2D eigenvalue weighted by atomic mass is 32.1. The van der Waals surface area contributed by atoms with Crippen LogP contribution < -0.4 is 14.8 Å². The zero-order valence-corrected chi connectivity index (χ0v) is 15.9. The molecule has 8 heteroatoms.